The molecule has 0 spiro atoms. The summed E-state index contributed by atoms with van der Waals surface area (Å²) in [4.78, 5) is 14.9. The van der Waals surface area contributed by atoms with Crippen LogP contribution in [0.1, 0.15) is 25.0 Å². The van der Waals surface area contributed by atoms with E-state index in [0.29, 0.717) is 17.5 Å². The zero-order chi connectivity index (χ0) is 33.8. The fraction of sp³-hybridized carbons (Fsp3) is 0.133. The van der Waals surface area contributed by atoms with E-state index in [1.54, 1.807) is 0 Å². The first kappa shape index (κ1) is 30.9. The molecule has 0 radical (unpaired) electrons. The lowest BCUT2D eigenvalue weighted by molar-refractivity contribution is 0.660. The number of benzene rings is 6. The molecule has 6 aromatic carbocycles. The number of hydrogen-bond acceptors (Lipinski definition) is 3. The molecule has 49 heavy (non-hydrogen) atoms. The summed E-state index contributed by atoms with van der Waals surface area (Å²) in [6.45, 7) is 11.8. The molecule has 0 saturated carbocycles. The molecule has 1 heterocycles. The van der Waals surface area contributed by atoms with Gasteiger partial charge in [0.1, 0.15) is 0 Å². The van der Waals surface area contributed by atoms with Gasteiger partial charge in [-0.05, 0) is 62.7 Å². The Labute approximate surface area is 290 Å². The molecule has 8 rings (SSSR count). The van der Waals surface area contributed by atoms with E-state index < -0.39 is 8.07 Å². The highest BCUT2D eigenvalue weighted by Crippen LogP contribution is 2.50. The van der Waals surface area contributed by atoms with Gasteiger partial charge < -0.3 is 0 Å². The van der Waals surface area contributed by atoms with Crippen LogP contribution in [-0.4, -0.2) is 23.0 Å². The van der Waals surface area contributed by atoms with Gasteiger partial charge in [-0.1, -0.05) is 166 Å². The van der Waals surface area contributed by atoms with E-state index in [4.69, 9.17) is 15.0 Å². The van der Waals surface area contributed by atoms with Gasteiger partial charge in [-0.15, -0.1) is 0 Å². The Balaban J connectivity index is 1.21. The molecule has 0 fully saturated rings. The third kappa shape index (κ3) is 5.72. The van der Waals surface area contributed by atoms with Crippen molar-refractivity contribution in [3.63, 3.8) is 0 Å². The van der Waals surface area contributed by atoms with Crippen LogP contribution in [0.5, 0.6) is 0 Å². The lowest BCUT2D eigenvalue weighted by atomic mass is 9.82. The van der Waals surface area contributed by atoms with Crippen molar-refractivity contribution in [1.29, 1.82) is 0 Å². The predicted molar refractivity (Wildman–Crippen MR) is 208 cm³/mol. The Bertz CT molecular complexity index is 2260. The monoisotopic (exact) mass is 649 g/mol. The average Bonchev–Trinajstić information content (AvgIpc) is 3.37. The van der Waals surface area contributed by atoms with Crippen molar-refractivity contribution in [2.75, 3.05) is 0 Å². The Hall–Kier alpha value is -5.45. The van der Waals surface area contributed by atoms with Gasteiger partial charge in [0.25, 0.3) is 0 Å². The lowest BCUT2D eigenvalue weighted by Crippen LogP contribution is -2.37. The van der Waals surface area contributed by atoms with Gasteiger partial charge in [-0.2, -0.15) is 0 Å². The first-order valence-electron chi connectivity index (χ1n) is 17.0. The number of nitrogens with zero attached hydrogens (tertiary/aromatic N) is 3. The van der Waals surface area contributed by atoms with Gasteiger partial charge in [-0.25, -0.2) is 15.0 Å². The fourth-order valence-corrected chi connectivity index (χ4v) is 8.23. The summed E-state index contributed by atoms with van der Waals surface area (Å²) in [7, 11) is -1.35. The van der Waals surface area contributed by atoms with Crippen LogP contribution in [0.4, 0.5) is 0 Å². The molecule has 0 N–H and O–H groups in total. The summed E-state index contributed by atoms with van der Waals surface area (Å²) < 4.78 is 0. The van der Waals surface area contributed by atoms with Crippen LogP contribution in [-0.2, 0) is 5.41 Å². The van der Waals surface area contributed by atoms with Gasteiger partial charge in [0.05, 0.1) is 8.07 Å². The molecule has 238 valence electrons. The van der Waals surface area contributed by atoms with Crippen LogP contribution in [0.15, 0.2) is 146 Å². The molecule has 1 aromatic heterocycles. The van der Waals surface area contributed by atoms with Crippen molar-refractivity contribution >= 4 is 13.3 Å². The fourth-order valence-electron chi connectivity index (χ4n) is 7.07. The highest BCUT2D eigenvalue weighted by atomic mass is 28.3. The maximum absolute atomic E-state index is 5.02. The molecular weight excluding hydrogens is 611 g/mol. The minimum absolute atomic E-state index is 0.120. The normalized spacial score (nSPS) is 13.2. The summed E-state index contributed by atoms with van der Waals surface area (Å²) >= 11 is 0. The van der Waals surface area contributed by atoms with Gasteiger partial charge in [0.15, 0.2) is 17.5 Å². The average molecular weight is 650 g/mol. The molecule has 3 nitrogen and oxygen atoms in total. The van der Waals surface area contributed by atoms with Crippen LogP contribution < -0.4 is 5.19 Å². The second-order valence-corrected chi connectivity index (χ2v) is 19.7. The standard InChI is InChI=1S/C45H39N3Si/c1-45(2)40-25-21-35(34-18-12-17-33(27-34)30-19-23-37(24-20-30)49(3,4)5)28-38(40)39-29-36(22-26-41(39)45)44-47-42(31-13-8-6-9-14-31)46-43(48-44)32-15-10-7-11-16-32/h6-29H,1-5H3. The number of hydrogen-bond donors (Lipinski definition) is 0. The highest BCUT2D eigenvalue weighted by molar-refractivity contribution is 6.88. The number of aromatic nitrogens is 3. The predicted octanol–water partition coefficient (Wildman–Crippen LogP) is 11.1. The number of fused-ring (bicyclic) bond motifs is 3. The first-order chi connectivity index (χ1) is 23.6. The van der Waals surface area contributed by atoms with Crippen molar-refractivity contribution in [2.24, 2.45) is 0 Å². The lowest BCUT2D eigenvalue weighted by Gasteiger charge is -2.21. The second kappa shape index (κ2) is 11.9. The maximum Gasteiger partial charge on any atom is 0.164 e. The summed E-state index contributed by atoms with van der Waals surface area (Å²) in [5, 5.41) is 1.48. The molecule has 7 aromatic rings. The van der Waals surface area contributed by atoms with E-state index in [2.05, 4.69) is 118 Å². The molecule has 0 unspecified atom stereocenters. The van der Waals surface area contributed by atoms with E-state index in [9.17, 15) is 0 Å². The molecule has 4 heteroatoms. The molecule has 0 aliphatic heterocycles. The van der Waals surface area contributed by atoms with Gasteiger partial charge >= 0.3 is 0 Å². The minimum Gasteiger partial charge on any atom is -0.208 e. The van der Waals surface area contributed by atoms with E-state index in [1.165, 1.54) is 49.7 Å². The molecule has 0 amide bonds. The zero-order valence-corrected chi connectivity index (χ0v) is 29.7. The summed E-state index contributed by atoms with van der Waals surface area (Å²) in [5.41, 5.74) is 12.9. The molecule has 1 aliphatic carbocycles. The number of rotatable bonds is 6. The van der Waals surface area contributed by atoms with E-state index in [-0.39, 0.29) is 5.41 Å². The van der Waals surface area contributed by atoms with Gasteiger partial charge in [-0.3, -0.25) is 0 Å². The molecule has 0 bridgehead atoms. The van der Waals surface area contributed by atoms with Crippen molar-refractivity contribution in [3.8, 4) is 67.5 Å². The topological polar surface area (TPSA) is 38.7 Å². The summed E-state index contributed by atoms with van der Waals surface area (Å²) in [6.07, 6.45) is 0. The van der Waals surface area contributed by atoms with Crippen LogP contribution in [0.25, 0.3) is 67.5 Å². The van der Waals surface area contributed by atoms with E-state index in [0.717, 1.165) is 16.7 Å². The van der Waals surface area contributed by atoms with Gasteiger partial charge in [0.2, 0.25) is 0 Å². The third-order valence-electron chi connectivity index (χ3n) is 9.91. The van der Waals surface area contributed by atoms with Crippen molar-refractivity contribution < 1.29 is 0 Å². The summed E-state index contributed by atoms with van der Waals surface area (Å²) in [6, 6.07) is 52.1. The van der Waals surface area contributed by atoms with Crippen LogP contribution >= 0.6 is 0 Å². The largest absolute Gasteiger partial charge is 0.208 e. The quantitative estimate of drug-likeness (QED) is 0.168. The molecule has 0 atom stereocenters. The van der Waals surface area contributed by atoms with E-state index >= 15 is 0 Å². The Morgan fingerprint density at radius 3 is 1.33 bits per heavy atom. The first-order valence-corrected chi connectivity index (χ1v) is 20.5. The molecule has 0 saturated heterocycles. The molecule has 1 aliphatic rings. The SMILES string of the molecule is CC1(C)c2ccc(-c3cccc(-c4ccc([Si](C)(C)C)cc4)c3)cc2-c2cc(-c3nc(-c4ccccc4)nc(-c4ccccc4)n3)ccc21. The van der Waals surface area contributed by atoms with Gasteiger partial charge in [0, 0.05) is 22.1 Å². The smallest absolute Gasteiger partial charge is 0.164 e. The Morgan fingerprint density at radius 2 is 0.796 bits per heavy atom. The minimum atomic E-state index is -1.35. The van der Waals surface area contributed by atoms with Crippen molar-refractivity contribution in [1.82, 2.24) is 15.0 Å². The van der Waals surface area contributed by atoms with E-state index in [1.807, 2.05) is 60.7 Å². The third-order valence-corrected chi connectivity index (χ3v) is 12.0. The zero-order valence-electron chi connectivity index (χ0n) is 28.7. The van der Waals surface area contributed by atoms with Crippen molar-refractivity contribution in [3.05, 3.63) is 157 Å². The Kier molecular flexibility index (Phi) is 7.50. The van der Waals surface area contributed by atoms with Crippen LogP contribution in [0, 0.1) is 0 Å². The second-order valence-electron chi connectivity index (χ2n) is 14.6. The summed E-state index contributed by atoms with van der Waals surface area (Å²) in [5.74, 6) is 2.01. The van der Waals surface area contributed by atoms with Crippen LogP contribution in [0.2, 0.25) is 19.6 Å². The van der Waals surface area contributed by atoms with Crippen molar-refractivity contribution in [2.45, 2.75) is 38.9 Å². The van der Waals surface area contributed by atoms with Crippen LogP contribution in [0.3, 0.4) is 0 Å². The Morgan fingerprint density at radius 1 is 0.388 bits per heavy atom. The highest BCUT2D eigenvalue weighted by Gasteiger charge is 2.36. The maximum atomic E-state index is 5.02. The molecular formula is C45H39N3Si.